The quantitative estimate of drug-likeness (QED) is 0.666. The third-order valence-electron chi connectivity index (χ3n) is 3.91. The zero-order valence-electron chi connectivity index (χ0n) is 13.7. The molecular weight excluding hydrogens is 433 g/mol. The summed E-state index contributed by atoms with van der Waals surface area (Å²) in [5.74, 6) is -2.11. The SMILES string of the molecule is CCOc1cc(C2C(C#N)=C(N)Oc3n[nH]c(C(F)(F)F)c32)cc(Br)c1O. The molecule has 7 nitrogen and oxygen atoms in total. The number of aromatic hydroxyl groups is 1. The number of halogens is 4. The van der Waals surface area contributed by atoms with Gasteiger partial charge in [0.05, 0.1) is 22.6 Å². The van der Waals surface area contributed by atoms with E-state index in [0.717, 1.165) is 0 Å². The molecule has 0 saturated heterocycles. The number of alkyl halides is 3. The van der Waals surface area contributed by atoms with Crippen LogP contribution >= 0.6 is 15.9 Å². The van der Waals surface area contributed by atoms with Gasteiger partial charge in [-0.3, -0.25) is 5.10 Å². The molecule has 1 aliphatic heterocycles. The maximum Gasteiger partial charge on any atom is 0.433 e. The molecule has 0 bridgehead atoms. The Kier molecular flexibility index (Phi) is 4.69. The van der Waals surface area contributed by atoms with E-state index in [1.54, 1.807) is 13.0 Å². The first-order valence-electron chi connectivity index (χ1n) is 7.57. The van der Waals surface area contributed by atoms with E-state index in [9.17, 15) is 23.5 Å². The van der Waals surface area contributed by atoms with Gasteiger partial charge < -0.3 is 20.3 Å². The number of nitrogens with one attached hydrogen (secondary N) is 1. The van der Waals surface area contributed by atoms with Crippen molar-refractivity contribution < 1.29 is 27.8 Å². The molecule has 0 spiro atoms. The lowest BCUT2D eigenvalue weighted by atomic mass is 9.83. The maximum absolute atomic E-state index is 13.4. The van der Waals surface area contributed by atoms with Gasteiger partial charge in [0.15, 0.2) is 11.5 Å². The van der Waals surface area contributed by atoms with Gasteiger partial charge in [0.1, 0.15) is 17.3 Å². The molecule has 4 N–H and O–H groups in total. The lowest BCUT2D eigenvalue weighted by molar-refractivity contribution is -0.141. The number of phenolic OH excluding ortho intramolecular Hbond substituents is 1. The maximum atomic E-state index is 13.4. The van der Waals surface area contributed by atoms with Crippen LogP contribution in [-0.2, 0) is 6.18 Å². The highest BCUT2D eigenvalue weighted by Crippen LogP contribution is 2.49. The van der Waals surface area contributed by atoms with Crippen molar-refractivity contribution in [1.29, 1.82) is 5.26 Å². The van der Waals surface area contributed by atoms with Crippen LogP contribution in [0.4, 0.5) is 13.2 Å². The summed E-state index contributed by atoms with van der Waals surface area (Å²) in [5.41, 5.74) is 4.23. The molecule has 0 radical (unpaired) electrons. The van der Waals surface area contributed by atoms with Crippen LogP contribution in [0.15, 0.2) is 28.1 Å². The number of aromatic nitrogens is 2. The zero-order valence-corrected chi connectivity index (χ0v) is 15.3. The summed E-state index contributed by atoms with van der Waals surface area (Å²) in [6, 6.07) is 4.53. The third-order valence-corrected chi connectivity index (χ3v) is 4.51. The summed E-state index contributed by atoms with van der Waals surface area (Å²) in [4.78, 5) is 0. The van der Waals surface area contributed by atoms with Crippen molar-refractivity contribution in [3.8, 4) is 23.4 Å². The topological polar surface area (TPSA) is 117 Å². The Bertz CT molecular complexity index is 979. The first-order chi connectivity index (χ1) is 12.7. The number of fused-ring (bicyclic) bond motifs is 1. The number of benzene rings is 1. The van der Waals surface area contributed by atoms with Gasteiger partial charge in [-0.2, -0.15) is 18.4 Å². The van der Waals surface area contributed by atoms with E-state index >= 15 is 0 Å². The molecule has 1 unspecified atom stereocenters. The van der Waals surface area contributed by atoms with E-state index in [1.807, 2.05) is 5.10 Å². The van der Waals surface area contributed by atoms with Gasteiger partial charge in [-0.25, -0.2) is 0 Å². The summed E-state index contributed by atoms with van der Waals surface area (Å²) in [6.07, 6.45) is -4.76. The Hall–Kier alpha value is -2.87. The lowest BCUT2D eigenvalue weighted by Gasteiger charge is -2.25. The Morgan fingerprint density at radius 3 is 2.78 bits per heavy atom. The molecule has 142 valence electrons. The zero-order chi connectivity index (χ0) is 19.9. The van der Waals surface area contributed by atoms with Crippen LogP contribution in [0, 0.1) is 11.3 Å². The predicted molar refractivity (Wildman–Crippen MR) is 89.9 cm³/mol. The Balaban J connectivity index is 2.29. The standard InChI is InChI=1S/C16H12BrF3N4O3/c1-2-26-9-4-6(3-8(17)12(9)25)10-7(5-21)14(22)27-15-11(10)13(23-24-15)16(18,19)20/h3-4,10,25H,2,22H2,1H3,(H,23,24). The number of ether oxygens (including phenoxy) is 2. The van der Waals surface area contributed by atoms with Crippen LogP contribution < -0.4 is 15.2 Å². The number of nitrogens with two attached hydrogens (primary N) is 1. The minimum absolute atomic E-state index is 0.0443. The molecule has 27 heavy (non-hydrogen) atoms. The highest BCUT2D eigenvalue weighted by atomic mass is 79.9. The summed E-state index contributed by atoms with van der Waals surface area (Å²) >= 11 is 3.14. The molecule has 1 atom stereocenters. The van der Waals surface area contributed by atoms with Gasteiger partial charge in [-0.1, -0.05) is 0 Å². The molecule has 0 fully saturated rings. The van der Waals surface area contributed by atoms with Crippen LogP contribution in [0.3, 0.4) is 0 Å². The second-order valence-corrected chi connectivity index (χ2v) is 6.38. The molecule has 2 aromatic rings. The molecule has 1 aromatic carbocycles. The number of allylic oxidation sites excluding steroid dienone is 1. The third kappa shape index (κ3) is 3.16. The van der Waals surface area contributed by atoms with E-state index in [4.69, 9.17) is 15.2 Å². The molecule has 3 rings (SSSR count). The fourth-order valence-electron chi connectivity index (χ4n) is 2.82. The van der Waals surface area contributed by atoms with E-state index < -0.39 is 17.8 Å². The van der Waals surface area contributed by atoms with E-state index in [1.165, 1.54) is 12.1 Å². The largest absolute Gasteiger partial charge is 0.503 e. The Morgan fingerprint density at radius 2 is 2.19 bits per heavy atom. The van der Waals surface area contributed by atoms with Crippen LogP contribution in [0.25, 0.3) is 0 Å². The number of hydrogen-bond acceptors (Lipinski definition) is 6. The minimum Gasteiger partial charge on any atom is -0.503 e. The molecule has 0 saturated carbocycles. The summed E-state index contributed by atoms with van der Waals surface area (Å²) < 4.78 is 50.9. The van der Waals surface area contributed by atoms with Gasteiger partial charge in [0, 0.05) is 0 Å². The normalized spacial score (nSPS) is 16.5. The Morgan fingerprint density at radius 1 is 1.48 bits per heavy atom. The van der Waals surface area contributed by atoms with Gasteiger partial charge in [0.25, 0.3) is 0 Å². The average Bonchev–Trinajstić information content (AvgIpc) is 3.01. The Labute approximate surface area is 159 Å². The molecule has 2 heterocycles. The summed E-state index contributed by atoms with van der Waals surface area (Å²) in [5, 5.41) is 25.0. The minimum atomic E-state index is -4.76. The molecule has 1 aromatic heterocycles. The van der Waals surface area contributed by atoms with Crippen molar-refractivity contribution in [2.75, 3.05) is 6.61 Å². The smallest absolute Gasteiger partial charge is 0.433 e. The number of hydrogen-bond donors (Lipinski definition) is 3. The van der Waals surface area contributed by atoms with Crippen molar-refractivity contribution in [3.63, 3.8) is 0 Å². The molecule has 0 aliphatic carbocycles. The summed E-state index contributed by atoms with van der Waals surface area (Å²) in [7, 11) is 0. The second-order valence-electron chi connectivity index (χ2n) is 5.52. The molecule has 11 heteroatoms. The highest BCUT2D eigenvalue weighted by Gasteiger charge is 2.44. The number of H-pyrrole nitrogens is 1. The fraction of sp³-hybridized carbons (Fsp3) is 0.250. The fourth-order valence-corrected chi connectivity index (χ4v) is 3.28. The summed E-state index contributed by atoms with van der Waals surface area (Å²) in [6.45, 7) is 1.90. The number of nitriles is 1. The highest BCUT2D eigenvalue weighted by molar-refractivity contribution is 9.10. The van der Waals surface area contributed by atoms with Crippen molar-refractivity contribution in [3.05, 3.63) is 44.9 Å². The number of nitrogens with zero attached hydrogens (tertiary/aromatic N) is 2. The van der Waals surface area contributed by atoms with E-state index in [2.05, 4.69) is 21.0 Å². The van der Waals surface area contributed by atoms with Crippen molar-refractivity contribution >= 4 is 15.9 Å². The number of phenols is 1. The first-order valence-corrected chi connectivity index (χ1v) is 8.36. The van der Waals surface area contributed by atoms with Crippen LogP contribution in [0.1, 0.15) is 29.7 Å². The van der Waals surface area contributed by atoms with Gasteiger partial charge in [0.2, 0.25) is 11.8 Å². The molecule has 1 aliphatic rings. The lowest BCUT2D eigenvalue weighted by Crippen LogP contribution is -2.23. The van der Waals surface area contributed by atoms with Crippen molar-refractivity contribution in [2.24, 2.45) is 5.73 Å². The van der Waals surface area contributed by atoms with Crippen LogP contribution in [0.5, 0.6) is 17.4 Å². The van der Waals surface area contributed by atoms with Gasteiger partial charge in [-0.15, -0.1) is 5.10 Å². The van der Waals surface area contributed by atoms with Crippen molar-refractivity contribution in [1.82, 2.24) is 10.2 Å². The molecular formula is C16H12BrF3N4O3. The number of rotatable bonds is 3. The van der Waals surface area contributed by atoms with E-state index in [0.29, 0.717) is 0 Å². The van der Waals surface area contributed by atoms with Crippen molar-refractivity contribution in [2.45, 2.75) is 19.0 Å². The van der Waals surface area contributed by atoms with Crippen LogP contribution in [0.2, 0.25) is 0 Å². The first kappa shape index (κ1) is 18.9. The monoisotopic (exact) mass is 444 g/mol. The molecule has 0 amide bonds. The predicted octanol–water partition coefficient (Wildman–Crippen LogP) is 3.51. The second kappa shape index (κ2) is 6.70. The van der Waals surface area contributed by atoms with Crippen LogP contribution in [-0.4, -0.2) is 21.9 Å². The van der Waals surface area contributed by atoms with Gasteiger partial charge >= 0.3 is 6.18 Å². The average molecular weight is 445 g/mol. The number of aromatic amines is 1. The van der Waals surface area contributed by atoms with E-state index in [-0.39, 0.29) is 51.0 Å². The van der Waals surface area contributed by atoms with Gasteiger partial charge in [-0.05, 0) is 40.5 Å².